The summed E-state index contributed by atoms with van der Waals surface area (Å²) >= 11 is 0. The fourth-order valence-corrected chi connectivity index (χ4v) is 4.84. The Hall–Kier alpha value is -0.980. The van der Waals surface area contributed by atoms with E-state index in [4.69, 9.17) is 5.73 Å². The Morgan fingerprint density at radius 2 is 1.81 bits per heavy atom. The summed E-state index contributed by atoms with van der Waals surface area (Å²) in [7, 11) is 0. The van der Waals surface area contributed by atoms with Crippen molar-refractivity contribution in [3.63, 3.8) is 0 Å². The minimum Gasteiger partial charge on any atom is -0.402 e. The van der Waals surface area contributed by atoms with Gasteiger partial charge in [0.05, 0.1) is 0 Å². The maximum atomic E-state index is 6.62. The molecule has 0 radical (unpaired) electrons. The van der Waals surface area contributed by atoms with Gasteiger partial charge >= 0.3 is 0 Å². The van der Waals surface area contributed by atoms with Gasteiger partial charge in [-0.25, -0.2) is 0 Å². The van der Waals surface area contributed by atoms with E-state index in [2.05, 4.69) is 47.6 Å². The molecule has 0 heterocycles. The Bertz CT molecular complexity index is 563. The van der Waals surface area contributed by atoms with Crippen LogP contribution in [0.5, 0.6) is 0 Å². The summed E-state index contributed by atoms with van der Waals surface area (Å²) < 4.78 is 0. The lowest BCUT2D eigenvalue weighted by Gasteiger charge is -2.23. The quantitative estimate of drug-likeness (QED) is 0.477. The highest BCUT2D eigenvalue weighted by molar-refractivity contribution is 5.40. The molecule has 2 aliphatic rings. The molecule has 1 saturated carbocycles. The van der Waals surface area contributed by atoms with Crippen molar-refractivity contribution in [2.45, 2.75) is 99.3 Å². The Labute approximate surface area is 163 Å². The molecule has 4 atom stereocenters. The van der Waals surface area contributed by atoms with Crippen molar-refractivity contribution in [3.05, 3.63) is 34.1 Å². The maximum Gasteiger partial charge on any atom is 0.0107 e. The zero-order valence-electron chi connectivity index (χ0n) is 18.3. The maximum absolute atomic E-state index is 6.62. The number of hydrogen-bond donors (Lipinski definition) is 1. The van der Waals surface area contributed by atoms with Gasteiger partial charge in [0, 0.05) is 5.70 Å². The van der Waals surface area contributed by atoms with Crippen LogP contribution in [0.25, 0.3) is 0 Å². The van der Waals surface area contributed by atoms with Gasteiger partial charge in [-0.15, -0.1) is 0 Å². The molecular formula is C25H43N. The molecule has 1 fully saturated rings. The molecule has 0 aliphatic heterocycles. The van der Waals surface area contributed by atoms with Gasteiger partial charge in [0.1, 0.15) is 0 Å². The number of hydrogen-bond acceptors (Lipinski definition) is 1. The Balaban J connectivity index is 2.41. The second-order valence-corrected chi connectivity index (χ2v) is 9.02. The van der Waals surface area contributed by atoms with E-state index in [1.54, 1.807) is 16.7 Å². The van der Waals surface area contributed by atoms with Crippen LogP contribution >= 0.6 is 0 Å². The van der Waals surface area contributed by atoms with Crippen molar-refractivity contribution < 1.29 is 0 Å². The van der Waals surface area contributed by atoms with Gasteiger partial charge in [-0.3, -0.25) is 0 Å². The molecule has 4 unspecified atom stereocenters. The highest BCUT2D eigenvalue weighted by Gasteiger charge is 2.32. The van der Waals surface area contributed by atoms with E-state index < -0.39 is 0 Å². The molecule has 2 aliphatic carbocycles. The average Bonchev–Trinajstić information content (AvgIpc) is 3.32. The van der Waals surface area contributed by atoms with Gasteiger partial charge in [0.15, 0.2) is 0 Å². The monoisotopic (exact) mass is 357 g/mol. The van der Waals surface area contributed by atoms with Crippen LogP contribution in [0.1, 0.15) is 99.3 Å². The molecule has 2 N–H and O–H groups in total. The first-order chi connectivity index (χ1) is 12.4. The molecule has 148 valence electrons. The molecule has 0 aromatic carbocycles. The topological polar surface area (TPSA) is 26.0 Å². The summed E-state index contributed by atoms with van der Waals surface area (Å²) in [6, 6.07) is 0. The van der Waals surface area contributed by atoms with Crippen LogP contribution in [0.15, 0.2) is 34.1 Å². The zero-order valence-corrected chi connectivity index (χ0v) is 18.3. The molecule has 0 spiro atoms. The van der Waals surface area contributed by atoms with Crippen LogP contribution in [-0.4, -0.2) is 0 Å². The van der Waals surface area contributed by atoms with Crippen molar-refractivity contribution in [2.24, 2.45) is 29.4 Å². The summed E-state index contributed by atoms with van der Waals surface area (Å²) in [6.07, 6.45) is 13.7. The molecule has 0 aromatic heterocycles. The SMILES string of the molecule is CCCC(C)C1=CCC(C)/C(N)=C(/CC)CC(CCC2CC2C)=C1CC. The first kappa shape index (κ1) is 21.3. The summed E-state index contributed by atoms with van der Waals surface area (Å²) in [5.41, 5.74) is 14.3. The molecule has 26 heavy (non-hydrogen) atoms. The molecule has 1 nitrogen and oxygen atoms in total. The molecule has 2 rings (SSSR count). The van der Waals surface area contributed by atoms with Crippen LogP contribution in [0, 0.1) is 23.7 Å². The molecule has 0 aromatic rings. The first-order valence-electron chi connectivity index (χ1n) is 11.3. The van der Waals surface area contributed by atoms with Gasteiger partial charge < -0.3 is 5.73 Å². The largest absolute Gasteiger partial charge is 0.402 e. The average molecular weight is 358 g/mol. The third kappa shape index (κ3) is 5.27. The van der Waals surface area contributed by atoms with Gasteiger partial charge in [0.25, 0.3) is 0 Å². The van der Waals surface area contributed by atoms with E-state index in [1.807, 2.05) is 0 Å². The minimum atomic E-state index is 0.467. The van der Waals surface area contributed by atoms with E-state index in [9.17, 15) is 0 Å². The Morgan fingerprint density at radius 3 is 2.35 bits per heavy atom. The van der Waals surface area contributed by atoms with Crippen molar-refractivity contribution in [1.29, 1.82) is 0 Å². The Kier molecular flexibility index (Phi) is 8.05. The molecule has 0 saturated heterocycles. The number of rotatable bonds is 8. The van der Waals surface area contributed by atoms with Crippen LogP contribution < -0.4 is 5.73 Å². The third-order valence-corrected chi connectivity index (χ3v) is 6.96. The highest BCUT2D eigenvalue weighted by Crippen LogP contribution is 2.44. The summed E-state index contributed by atoms with van der Waals surface area (Å²) in [4.78, 5) is 0. The smallest absolute Gasteiger partial charge is 0.0107 e. The standard InChI is InChI=1S/C25H43N/c1-7-10-17(4)24-14-11-18(5)25(26)20(8-2)16-22(23(24)9-3)13-12-21-15-19(21)6/h14,17-19,21H,7-13,15-16,26H2,1-6H3/b23-22?,24-14?,25-20+. The van der Waals surface area contributed by atoms with E-state index in [1.165, 1.54) is 49.8 Å². The van der Waals surface area contributed by atoms with Crippen LogP contribution in [0.2, 0.25) is 0 Å². The fourth-order valence-electron chi connectivity index (χ4n) is 4.84. The van der Waals surface area contributed by atoms with Gasteiger partial charge in [-0.05, 0) is 91.8 Å². The van der Waals surface area contributed by atoms with E-state index in [-0.39, 0.29) is 0 Å². The highest BCUT2D eigenvalue weighted by atomic mass is 14.6. The van der Waals surface area contributed by atoms with Crippen LogP contribution in [0.3, 0.4) is 0 Å². The molecular weight excluding hydrogens is 314 g/mol. The van der Waals surface area contributed by atoms with Crippen molar-refractivity contribution in [1.82, 2.24) is 0 Å². The lowest BCUT2D eigenvalue weighted by atomic mass is 9.83. The molecule has 1 heteroatoms. The predicted molar refractivity (Wildman–Crippen MR) is 116 cm³/mol. The van der Waals surface area contributed by atoms with Crippen LogP contribution in [0.4, 0.5) is 0 Å². The van der Waals surface area contributed by atoms with Crippen molar-refractivity contribution in [2.75, 3.05) is 0 Å². The van der Waals surface area contributed by atoms with Crippen LogP contribution in [-0.2, 0) is 0 Å². The number of nitrogens with two attached hydrogens (primary N) is 1. The first-order valence-corrected chi connectivity index (χ1v) is 11.3. The third-order valence-electron chi connectivity index (χ3n) is 6.96. The van der Waals surface area contributed by atoms with Gasteiger partial charge in [-0.2, -0.15) is 0 Å². The molecule has 0 amide bonds. The van der Waals surface area contributed by atoms with E-state index in [0.29, 0.717) is 11.8 Å². The zero-order chi connectivity index (χ0) is 19.3. The fraction of sp³-hybridized carbons (Fsp3) is 0.760. The summed E-state index contributed by atoms with van der Waals surface area (Å²) in [6.45, 7) is 14.1. The molecule has 0 bridgehead atoms. The lowest BCUT2D eigenvalue weighted by molar-refractivity contribution is 0.591. The van der Waals surface area contributed by atoms with Crippen molar-refractivity contribution >= 4 is 0 Å². The predicted octanol–water partition coefficient (Wildman–Crippen LogP) is 7.54. The van der Waals surface area contributed by atoms with E-state index in [0.717, 1.165) is 31.1 Å². The minimum absolute atomic E-state index is 0.467. The number of allylic oxidation sites excluding steroid dienone is 6. The van der Waals surface area contributed by atoms with Gasteiger partial charge in [0.2, 0.25) is 0 Å². The normalized spacial score (nSPS) is 31.2. The second-order valence-electron chi connectivity index (χ2n) is 9.02. The second kappa shape index (κ2) is 9.81. The van der Waals surface area contributed by atoms with Crippen molar-refractivity contribution in [3.8, 4) is 0 Å². The van der Waals surface area contributed by atoms with Gasteiger partial charge in [-0.1, -0.05) is 59.6 Å². The summed E-state index contributed by atoms with van der Waals surface area (Å²) in [5, 5.41) is 0. The van der Waals surface area contributed by atoms with E-state index >= 15 is 0 Å². The lowest BCUT2D eigenvalue weighted by Crippen LogP contribution is -2.12. The summed E-state index contributed by atoms with van der Waals surface area (Å²) in [5.74, 6) is 3.06. The Morgan fingerprint density at radius 1 is 1.12 bits per heavy atom.